The number of hydrogen-bond donors (Lipinski definition) is 2. The Bertz CT molecular complexity index is 858. The molecule has 0 bridgehead atoms. The maximum Gasteiger partial charge on any atom is 0.330 e. The van der Waals surface area contributed by atoms with Crippen molar-refractivity contribution < 1.29 is 22.7 Å². The van der Waals surface area contributed by atoms with Crippen molar-refractivity contribution >= 4 is 44.9 Å². The first-order valence-corrected chi connectivity index (χ1v) is 11.2. The van der Waals surface area contributed by atoms with Crippen molar-refractivity contribution in [2.45, 2.75) is 37.5 Å². The van der Waals surface area contributed by atoms with Crippen LogP contribution in [0.1, 0.15) is 32.6 Å². The van der Waals surface area contributed by atoms with Crippen molar-refractivity contribution in [2.24, 2.45) is 0 Å². The van der Waals surface area contributed by atoms with Gasteiger partial charge in [0, 0.05) is 30.9 Å². The van der Waals surface area contributed by atoms with E-state index in [-0.39, 0.29) is 16.6 Å². The summed E-state index contributed by atoms with van der Waals surface area (Å²) in [4.78, 5) is 23.1. The highest BCUT2D eigenvalue weighted by Crippen LogP contribution is 2.21. The number of nitrogens with one attached hydrogen (secondary N) is 2. The van der Waals surface area contributed by atoms with Crippen molar-refractivity contribution in [1.29, 1.82) is 0 Å². The maximum atomic E-state index is 12.8. The summed E-state index contributed by atoms with van der Waals surface area (Å²) in [7, 11) is -3.52. The molecular weight excluding hydrogens is 414 g/mol. The minimum absolute atomic E-state index is 0.0200. The van der Waals surface area contributed by atoms with Gasteiger partial charge in [-0.15, -0.1) is 0 Å². The number of hydrogen-bond acceptors (Lipinski definition) is 6. The third-order valence-electron chi connectivity index (χ3n) is 4.21. The second kappa shape index (κ2) is 11.0. The smallest absolute Gasteiger partial charge is 0.330 e. The second-order valence-electron chi connectivity index (χ2n) is 6.37. The number of carbonyl (C=O) groups excluding carboxylic acids is 2. The summed E-state index contributed by atoms with van der Waals surface area (Å²) in [5.74, 6) is -1.21. The maximum absolute atomic E-state index is 12.8. The highest BCUT2D eigenvalue weighted by Gasteiger charge is 2.24. The molecule has 0 unspecified atom stereocenters. The first-order valence-electron chi connectivity index (χ1n) is 9.40. The number of ether oxygens (including phenoxy) is 1. The zero-order valence-corrected chi connectivity index (χ0v) is 17.9. The summed E-state index contributed by atoms with van der Waals surface area (Å²) < 4.78 is 31.7. The quantitative estimate of drug-likeness (QED) is 0.398. The van der Waals surface area contributed by atoms with E-state index >= 15 is 0 Å². The molecule has 1 fully saturated rings. The summed E-state index contributed by atoms with van der Waals surface area (Å²) >= 11 is 5.05. The minimum atomic E-state index is -3.52. The van der Waals surface area contributed by atoms with Crippen molar-refractivity contribution in [3.63, 3.8) is 0 Å². The predicted octanol–water partition coefficient (Wildman–Crippen LogP) is 2.18. The second-order valence-corrected chi connectivity index (χ2v) is 8.72. The van der Waals surface area contributed by atoms with Gasteiger partial charge in [-0.3, -0.25) is 10.1 Å². The lowest BCUT2D eigenvalue weighted by Crippen LogP contribution is -2.33. The van der Waals surface area contributed by atoms with Gasteiger partial charge in [0.25, 0.3) is 0 Å². The Labute approximate surface area is 176 Å². The molecule has 8 nitrogen and oxygen atoms in total. The number of nitrogens with zero attached hydrogens (tertiary/aromatic N) is 1. The van der Waals surface area contributed by atoms with Crippen LogP contribution >= 0.6 is 12.2 Å². The monoisotopic (exact) mass is 439 g/mol. The van der Waals surface area contributed by atoms with E-state index in [0.717, 1.165) is 37.8 Å². The van der Waals surface area contributed by atoms with E-state index in [4.69, 9.17) is 12.2 Å². The number of anilines is 1. The molecule has 1 heterocycles. The van der Waals surface area contributed by atoms with E-state index in [9.17, 15) is 18.0 Å². The van der Waals surface area contributed by atoms with Gasteiger partial charge in [-0.05, 0) is 56.2 Å². The standard InChI is InChI=1S/C19H25N3O5S2/c1-2-27-18(24)12-11-17(23)21-19(28)20-15-7-9-16(10-8-15)29(25,26)22-13-5-3-4-6-14-22/h7-12H,2-6,13-14H2,1H3,(H2,20,21,23,28). The average Bonchev–Trinajstić information content (AvgIpc) is 2.97. The molecule has 1 aliphatic heterocycles. The minimum Gasteiger partial charge on any atom is -0.463 e. The molecule has 2 rings (SSSR count). The van der Waals surface area contributed by atoms with Gasteiger partial charge in [0.2, 0.25) is 15.9 Å². The topological polar surface area (TPSA) is 105 Å². The zero-order valence-electron chi connectivity index (χ0n) is 16.2. The molecule has 10 heteroatoms. The lowest BCUT2D eigenvalue weighted by molar-refractivity contribution is -0.137. The van der Waals surface area contributed by atoms with Crippen LogP contribution in [0.5, 0.6) is 0 Å². The van der Waals surface area contributed by atoms with Gasteiger partial charge in [-0.2, -0.15) is 4.31 Å². The summed E-state index contributed by atoms with van der Waals surface area (Å²) in [6.07, 6.45) is 5.86. The molecule has 1 amide bonds. The predicted molar refractivity (Wildman–Crippen MR) is 114 cm³/mol. The van der Waals surface area contributed by atoms with E-state index in [1.807, 2.05) is 0 Å². The van der Waals surface area contributed by atoms with Crippen LogP contribution in [-0.4, -0.2) is 49.4 Å². The Morgan fingerprint density at radius 2 is 1.72 bits per heavy atom. The first-order chi connectivity index (χ1) is 13.8. The molecule has 0 aromatic heterocycles. The fourth-order valence-electron chi connectivity index (χ4n) is 2.79. The average molecular weight is 440 g/mol. The Morgan fingerprint density at radius 1 is 1.10 bits per heavy atom. The number of sulfonamides is 1. The molecule has 2 N–H and O–H groups in total. The Kier molecular flexibility index (Phi) is 8.74. The molecule has 0 atom stereocenters. The van der Waals surface area contributed by atoms with Crippen molar-refractivity contribution in [3.05, 3.63) is 36.4 Å². The third kappa shape index (κ3) is 7.22. The fraction of sp³-hybridized carbons (Fsp3) is 0.421. The molecule has 0 radical (unpaired) electrons. The van der Waals surface area contributed by atoms with Gasteiger partial charge in [0.05, 0.1) is 11.5 Å². The van der Waals surface area contributed by atoms with Gasteiger partial charge in [-0.1, -0.05) is 12.8 Å². The summed E-state index contributed by atoms with van der Waals surface area (Å²) in [5.41, 5.74) is 0.527. The Balaban J connectivity index is 1.93. The van der Waals surface area contributed by atoms with Crippen LogP contribution in [0.25, 0.3) is 0 Å². The van der Waals surface area contributed by atoms with Crippen LogP contribution in [0.4, 0.5) is 5.69 Å². The highest BCUT2D eigenvalue weighted by atomic mass is 32.2. The van der Waals surface area contributed by atoms with Crippen LogP contribution in [0.3, 0.4) is 0 Å². The molecule has 0 spiro atoms. The zero-order chi connectivity index (χ0) is 21.3. The molecule has 29 heavy (non-hydrogen) atoms. The lowest BCUT2D eigenvalue weighted by atomic mass is 10.2. The van der Waals surface area contributed by atoms with E-state index in [1.165, 1.54) is 16.4 Å². The highest BCUT2D eigenvalue weighted by molar-refractivity contribution is 7.89. The molecule has 1 aromatic rings. The van der Waals surface area contributed by atoms with E-state index in [2.05, 4.69) is 15.4 Å². The van der Waals surface area contributed by atoms with E-state index < -0.39 is 21.9 Å². The Hall–Kier alpha value is -2.30. The largest absolute Gasteiger partial charge is 0.463 e. The first kappa shape index (κ1) is 23.0. The number of thiocarbonyl (C=S) groups is 1. The van der Waals surface area contributed by atoms with Gasteiger partial charge >= 0.3 is 5.97 Å². The van der Waals surface area contributed by atoms with Crippen molar-refractivity contribution in [1.82, 2.24) is 9.62 Å². The number of carbonyl (C=O) groups is 2. The van der Waals surface area contributed by atoms with Crippen molar-refractivity contribution in [3.8, 4) is 0 Å². The van der Waals surface area contributed by atoms with Crippen molar-refractivity contribution in [2.75, 3.05) is 25.0 Å². The number of esters is 1. The van der Waals surface area contributed by atoms with Crippen LogP contribution < -0.4 is 10.6 Å². The summed E-state index contributed by atoms with van der Waals surface area (Å²) in [6.45, 7) is 2.96. The van der Waals surface area contributed by atoms with Crippen LogP contribution in [0, 0.1) is 0 Å². The molecule has 1 aliphatic rings. The molecular formula is C19H25N3O5S2. The SMILES string of the molecule is CCOC(=O)C=CC(=O)NC(=S)Nc1ccc(S(=O)(=O)N2CCCCCC2)cc1. The summed E-state index contributed by atoms with van der Waals surface area (Å²) in [5, 5.41) is 5.20. The number of benzene rings is 1. The lowest BCUT2D eigenvalue weighted by Gasteiger charge is -2.20. The summed E-state index contributed by atoms with van der Waals surface area (Å²) in [6, 6.07) is 6.18. The molecule has 1 saturated heterocycles. The molecule has 0 saturated carbocycles. The van der Waals surface area contributed by atoms with Gasteiger partial charge in [0.1, 0.15) is 0 Å². The molecule has 158 valence electrons. The van der Waals surface area contributed by atoms with Crippen LogP contribution in [0.15, 0.2) is 41.3 Å². The van der Waals surface area contributed by atoms with Gasteiger partial charge in [0.15, 0.2) is 5.11 Å². The van der Waals surface area contributed by atoms with Crippen LogP contribution in [0.2, 0.25) is 0 Å². The van der Waals surface area contributed by atoms with Gasteiger partial charge in [-0.25, -0.2) is 13.2 Å². The van der Waals surface area contributed by atoms with Gasteiger partial charge < -0.3 is 10.1 Å². The molecule has 0 aliphatic carbocycles. The Morgan fingerprint density at radius 3 is 2.31 bits per heavy atom. The van der Waals surface area contributed by atoms with Crippen LogP contribution in [-0.2, 0) is 24.3 Å². The van der Waals surface area contributed by atoms with E-state index in [1.54, 1.807) is 19.1 Å². The normalized spacial score (nSPS) is 15.5. The van der Waals surface area contributed by atoms with E-state index in [0.29, 0.717) is 18.8 Å². The molecule has 1 aromatic carbocycles. The third-order valence-corrected chi connectivity index (χ3v) is 6.33. The number of rotatable bonds is 6. The fourth-order valence-corrected chi connectivity index (χ4v) is 4.53. The number of amides is 1.